The van der Waals surface area contributed by atoms with Crippen LogP contribution in [-0.4, -0.2) is 69.4 Å². The molecule has 2 fully saturated rings. The molecule has 8 nitrogen and oxygen atoms in total. The van der Waals surface area contributed by atoms with Crippen LogP contribution in [0.5, 0.6) is 0 Å². The highest BCUT2D eigenvalue weighted by Crippen LogP contribution is 2.21. The number of hydrogen-bond acceptors (Lipinski definition) is 5. The monoisotopic (exact) mass is 564 g/mol. The summed E-state index contributed by atoms with van der Waals surface area (Å²) in [5.74, 6) is 0.638. The van der Waals surface area contributed by atoms with Gasteiger partial charge in [-0.25, -0.2) is 8.42 Å². The van der Waals surface area contributed by atoms with Crippen molar-refractivity contribution in [1.82, 2.24) is 14.5 Å². The van der Waals surface area contributed by atoms with Crippen LogP contribution < -0.4 is 5.32 Å². The minimum Gasteiger partial charge on any atom is -0.466 e. The number of likely N-dealkylation sites (tertiary alicyclic amines) is 1. The lowest BCUT2D eigenvalue weighted by atomic mass is 9.97. The third-order valence-electron chi connectivity index (χ3n) is 5.70. The van der Waals surface area contributed by atoms with Gasteiger partial charge in [-0.3, -0.25) is 9.79 Å². The molecule has 1 aromatic carbocycles. The predicted octanol–water partition coefficient (Wildman–Crippen LogP) is 2.44. The summed E-state index contributed by atoms with van der Waals surface area (Å²) in [7, 11) is -1.64. The zero-order valence-electron chi connectivity index (χ0n) is 18.2. The molecule has 0 spiro atoms. The minimum absolute atomic E-state index is 0. The number of piperidine rings is 1. The van der Waals surface area contributed by atoms with Crippen LogP contribution in [0.3, 0.4) is 0 Å². The van der Waals surface area contributed by atoms with Crippen LogP contribution in [0.4, 0.5) is 0 Å². The van der Waals surface area contributed by atoms with Gasteiger partial charge in [-0.15, -0.1) is 24.0 Å². The van der Waals surface area contributed by atoms with E-state index in [0.29, 0.717) is 31.1 Å². The molecule has 0 bridgehead atoms. The largest absolute Gasteiger partial charge is 0.466 e. The van der Waals surface area contributed by atoms with Crippen LogP contribution in [0.15, 0.2) is 34.2 Å². The molecule has 31 heavy (non-hydrogen) atoms. The van der Waals surface area contributed by atoms with Gasteiger partial charge in [0.05, 0.1) is 17.4 Å². The summed E-state index contributed by atoms with van der Waals surface area (Å²) in [6.07, 6.45) is 3.36. The number of halogens is 1. The lowest BCUT2D eigenvalue weighted by Crippen LogP contribution is -2.46. The van der Waals surface area contributed by atoms with E-state index in [2.05, 4.69) is 15.2 Å². The molecular weight excluding hydrogens is 531 g/mol. The second-order valence-corrected chi connectivity index (χ2v) is 9.61. The lowest BCUT2D eigenvalue weighted by molar-refractivity contribution is -0.149. The number of nitrogens with one attached hydrogen (secondary N) is 1. The second kappa shape index (κ2) is 12.0. The number of carbonyl (C=O) groups excluding carboxylic acids is 1. The molecule has 0 aromatic heterocycles. The number of hydrogen-bond donors (Lipinski definition) is 1. The average molecular weight is 564 g/mol. The Hall–Kier alpha value is -1.40. The van der Waals surface area contributed by atoms with Crippen molar-refractivity contribution in [2.75, 3.05) is 39.8 Å². The van der Waals surface area contributed by atoms with Crippen molar-refractivity contribution in [3.05, 3.63) is 29.8 Å². The molecule has 2 aliphatic heterocycles. The first-order valence-corrected chi connectivity index (χ1v) is 12.1. The van der Waals surface area contributed by atoms with Gasteiger partial charge >= 0.3 is 5.97 Å². The van der Waals surface area contributed by atoms with Crippen LogP contribution >= 0.6 is 24.0 Å². The molecule has 0 amide bonds. The van der Waals surface area contributed by atoms with Crippen LogP contribution in [-0.2, 0) is 26.1 Å². The number of sulfonamides is 1. The predicted molar refractivity (Wildman–Crippen MR) is 131 cm³/mol. The number of aliphatic imine (C=N–C) groups is 1. The van der Waals surface area contributed by atoms with Gasteiger partial charge in [-0.05, 0) is 50.3 Å². The van der Waals surface area contributed by atoms with E-state index in [1.807, 2.05) is 19.1 Å². The molecule has 0 radical (unpaired) electrons. The number of esters is 1. The molecule has 2 heterocycles. The van der Waals surface area contributed by atoms with E-state index in [-0.39, 0.29) is 35.9 Å². The van der Waals surface area contributed by atoms with E-state index in [4.69, 9.17) is 4.74 Å². The Morgan fingerprint density at radius 2 is 1.74 bits per heavy atom. The Morgan fingerprint density at radius 3 is 2.29 bits per heavy atom. The summed E-state index contributed by atoms with van der Waals surface area (Å²) in [6.45, 7) is 5.50. The van der Waals surface area contributed by atoms with E-state index >= 15 is 0 Å². The smallest absolute Gasteiger partial charge is 0.309 e. The number of carbonyl (C=O) groups is 1. The highest BCUT2D eigenvalue weighted by Gasteiger charge is 2.28. The van der Waals surface area contributed by atoms with Crippen molar-refractivity contribution >= 4 is 45.9 Å². The minimum atomic E-state index is -3.38. The summed E-state index contributed by atoms with van der Waals surface area (Å²) in [5.41, 5.74) is 0.984. The maximum absolute atomic E-state index is 12.6. The maximum Gasteiger partial charge on any atom is 0.309 e. The highest BCUT2D eigenvalue weighted by atomic mass is 127. The summed E-state index contributed by atoms with van der Waals surface area (Å²) < 4.78 is 31.9. The Balaban J connectivity index is 0.00000341. The molecule has 1 N–H and O–H groups in total. The summed E-state index contributed by atoms with van der Waals surface area (Å²) in [6, 6.07) is 7.04. The molecule has 0 atom stereocenters. The van der Waals surface area contributed by atoms with Crippen molar-refractivity contribution in [3.63, 3.8) is 0 Å². The van der Waals surface area contributed by atoms with Gasteiger partial charge in [0, 0.05) is 39.8 Å². The van der Waals surface area contributed by atoms with Crippen molar-refractivity contribution in [3.8, 4) is 0 Å². The SMILES string of the molecule is CCOC(=O)C1CCN(C(=NC)NCc2ccc(S(=O)(=O)N3CCCC3)cc2)CC1.I. The Morgan fingerprint density at radius 1 is 1.13 bits per heavy atom. The zero-order valence-corrected chi connectivity index (χ0v) is 21.4. The van der Waals surface area contributed by atoms with Crippen molar-refractivity contribution < 1.29 is 17.9 Å². The number of guanidine groups is 1. The molecule has 2 saturated heterocycles. The van der Waals surface area contributed by atoms with Gasteiger partial charge in [0.25, 0.3) is 0 Å². The molecule has 2 aliphatic rings. The lowest BCUT2D eigenvalue weighted by Gasteiger charge is -2.33. The van der Waals surface area contributed by atoms with Crippen molar-refractivity contribution in [1.29, 1.82) is 0 Å². The number of rotatable bonds is 6. The van der Waals surface area contributed by atoms with Crippen molar-refractivity contribution in [2.24, 2.45) is 10.9 Å². The van der Waals surface area contributed by atoms with Gasteiger partial charge in [0.2, 0.25) is 10.0 Å². The molecule has 174 valence electrons. The Kier molecular flexibility index (Phi) is 10.0. The van der Waals surface area contributed by atoms with E-state index < -0.39 is 10.0 Å². The fourth-order valence-corrected chi connectivity index (χ4v) is 5.47. The van der Waals surface area contributed by atoms with E-state index in [1.54, 1.807) is 23.5 Å². The molecule has 0 saturated carbocycles. The number of nitrogens with zero attached hydrogens (tertiary/aromatic N) is 3. The fraction of sp³-hybridized carbons (Fsp3) is 0.619. The van der Waals surface area contributed by atoms with Gasteiger partial charge in [-0.1, -0.05) is 12.1 Å². The standard InChI is InChI=1S/C21H32N4O4S.HI/c1-3-29-20(26)18-10-14-24(15-11-18)21(22-2)23-16-17-6-8-19(9-7-17)30(27,28)25-12-4-5-13-25;/h6-9,18H,3-5,10-16H2,1-2H3,(H,22,23);1H. The topological polar surface area (TPSA) is 91.3 Å². The van der Waals surface area contributed by atoms with Crippen LogP contribution in [0.2, 0.25) is 0 Å². The second-order valence-electron chi connectivity index (χ2n) is 7.67. The first kappa shape index (κ1) is 25.9. The van der Waals surface area contributed by atoms with Gasteiger partial charge in [0.1, 0.15) is 0 Å². The van der Waals surface area contributed by atoms with Gasteiger partial charge in [-0.2, -0.15) is 4.31 Å². The molecule has 10 heteroatoms. The first-order valence-electron chi connectivity index (χ1n) is 10.7. The van der Waals surface area contributed by atoms with Gasteiger partial charge in [0.15, 0.2) is 5.96 Å². The third kappa shape index (κ3) is 6.55. The Labute approximate surface area is 202 Å². The zero-order chi connectivity index (χ0) is 21.6. The Bertz CT molecular complexity index is 847. The van der Waals surface area contributed by atoms with E-state index in [0.717, 1.165) is 50.3 Å². The van der Waals surface area contributed by atoms with Gasteiger partial charge < -0.3 is 15.0 Å². The molecular formula is C21H33IN4O4S. The third-order valence-corrected chi connectivity index (χ3v) is 7.62. The average Bonchev–Trinajstić information content (AvgIpc) is 3.31. The number of benzene rings is 1. The number of ether oxygens (including phenoxy) is 1. The summed E-state index contributed by atoms with van der Waals surface area (Å²) in [4.78, 5) is 18.7. The van der Waals surface area contributed by atoms with E-state index in [9.17, 15) is 13.2 Å². The molecule has 0 aliphatic carbocycles. The normalized spacial score (nSPS) is 18.5. The van der Waals surface area contributed by atoms with Crippen LogP contribution in [0, 0.1) is 5.92 Å². The summed E-state index contributed by atoms with van der Waals surface area (Å²) >= 11 is 0. The quantitative estimate of drug-likeness (QED) is 0.247. The molecule has 3 rings (SSSR count). The first-order chi connectivity index (χ1) is 14.5. The maximum atomic E-state index is 12.6. The molecule has 0 unspecified atom stereocenters. The van der Waals surface area contributed by atoms with Crippen LogP contribution in [0.25, 0.3) is 0 Å². The van der Waals surface area contributed by atoms with E-state index in [1.165, 1.54) is 0 Å². The molecule has 1 aromatic rings. The highest BCUT2D eigenvalue weighted by molar-refractivity contribution is 14.0. The summed E-state index contributed by atoms with van der Waals surface area (Å²) in [5, 5.41) is 3.34. The van der Waals surface area contributed by atoms with Crippen molar-refractivity contribution in [2.45, 2.75) is 44.0 Å². The van der Waals surface area contributed by atoms with Crippen LogP contribution in [0.1, 0.15) is 38.2 Å². The fourth-order valence-electron chi connectivity index (χ4n) is 3.96.